The lowest BCUT2D eigenvalue weighted by molar-refractivity contribution is 0.579. The van der Waals surface area contributed by atoms with Crippen LogP contribution in [0.2, 0.25) is 0 Å². The second-order valence-corrected chi connectivity index (χ2v) is 3.94. The van der Waals surface area contributed by atoms with Crippen LogP contribution in [0.5, 0.6) is 0 Å². The highest BCUT2D eigenvalue weighted by Gasteiger charge is 2.01. The van der Waals surface area contributed by atoms with E-state index >= 15 is 0 Å². The van der Waals surface area contributed by atoms with Crippen molar-refractivity contribution in [3.63, 3.8) is 0 Å². The van der Waals surface area contributed by atoms with E-state index in [1.54, 1.807) is 12.3 Å². The minimum absolute atomic E-state index is 0.493. The summed E-state index contributed by atoms with van der Waals surface area (Å²) in [5, 5.41) is 0.612. The Bertz CT molecular complexity index is 432. The van der Waals surface area contributed by atoms with Gasteiger partial charge in [-0.2, -0.15) is 4.39 Å². The molecule has 2 heterocycles. The molecule has 2 aromatic rings. The summed E-state index contributed by atoms with van der Waals surface area (Å²) in [6.45, 7) is 1.89. The van der Waals surface area contributed by atoms with Gasteiger partial charge in [0.15, 0.2) is 5.16 Å². The molecule has 0 N–H and O–H groups in total. The summed E-state index contributed by atoms with van der Waals surface area (Å²) in [5.41, 5.74) is 0.891. The maximum Gasteiger partial charge on any atom is 0.213 e. The third-order valence-electron chi connectivity index (χ3n) is 1.68. The van der Waals surface area contributed by atoms with Gasteiger partial charge in [-0.15, -0.1) is 0 Å². The highest BCUT2D eigenvalue weighted by molar-refractivity contribution is 7.99. The van der Waals surface area contributed by atoms with Crippen LogP contribution in [-0.2, 0) is 0 Å². The first-order valence-corrected chi connectivity index (χ1v) is 5.15. The molecule has 0 saturated heterocycles. The molecule has 0 radical (unpaired) electrons. The number of aryl methyl sites for hydroxylation is 1. The van der Waals surface area contributed by atoms with E-state index in [0.717, 1.165) is 10.6 Å². The SMILES string of the molecule is Cc1ccnc(Sc2ccnc(F)c2)n1. The predicted molar refractivity (Wildman–Crippen MR) is 55.1 cm³/mol. The average Bonchev–Trinajstić information content (AvgIpc) is 2.17. The normalized spacial score (nSPS) is 10.3. The molecule has 76 valence electrons. The lowest BCUT2D eigenvalue weighted by Crippen LogP contribution is -1.88. The van der Waals surface area contributed by atoms with E-state index < -0.39 is 5.95 Å². The van der Waals surface area contributed by atoms with Crippen molar-refractivity contribution in [2.75, 3.05) is 0 Å². The summed E-state index contributed by atoms with van der Waals surface area (Å²) in [4.78, 5) is 12.5. The van der Waals surface area contributed by atoms with Crippen molar-refractivity contribution in [2.45, 2.75) is 17.0 Å². The number of hydrogen-bond acceptors (Lipinski definition) is 4. The topological polar surface area (TPSA) is 38.7 Å². The van der Waals surface area contributed by atoms with E-state index in [9.17, 15) is 4.39 Å². The van der Waals surface area contributed by atoms with Crippen LogP contribution in [0.4, 0.5) is 4.39 Å². The van der Waals surface area contributed by atoms with Gasteiger partial charge in [-0.05, 0) is 30.8 Å². The highest BCUT2D eigenvalue weighted by atomic mass is 32.2. The van der Waals surface area contributed by atoms with Gasteiger partial charge < -0.3 is 0 Å². The molecular formula is C10H8FN3S. The zero-order valence-corrected chi connectivity index (χ0v) is 8.83. The molecular weight excluding hydrogens is 213 g/mol. The smallest absolute Gasteiger partial charge is 0.213 e. The van der Waals surface area contributed by atoms with Crippen LogP contribution in [0.3, 0.4) is 0 Å². The highest BCUT2D eigenvalue weighted by Crippen LogP contribution is 2.23. The summed E-state index contributed by atoms with van der Waals surface area (Å²) in [6, 6.07) is 4.90. The molecule has 5 heteroatoms. The molecule has 0 amide bonds. The quantitative estimate of drug-likeness (QED) is 0.577. The Kier molecular flexibility index (Phi) is 2.91. The van der Waals surface area contributed by atoms with Crippen molar-refractivity contribution in [1.82, 2.24) is 15.0 Å². The van der Waals surface area contributed by atoms with Crippen LogP contribution in [0, 0.1) is 12.9 Å². The minimum atomic E-state index is -0.493. The van der Waals surface area contributed by atoms with Crippen molar-refractivity contribution in [3.05, 3.63) is 42.2 Å². The van der Waals surface area contributed by atoms with Gasteiger partial charge in [0.2, 0.25) is 5.95 Å². The van der Waals surface area contributed by atoms with E-state index in [1.165, 1.54) is 24.0 Å². The first-order valence-electron chi connectivity index (χ1n) is 4.33. The van der Waals surface area contributed by atoms with Crippen molar-refractivity contribution in [2.24, 2.45) is 0 Å². The fourth-order valence-corrected chi connectivity index (χ4v) is 1.83. The zero-order chi connectivity index (χ0) is 10.7. The maximum atomic E-state index is 12.8. The maximum absolute atomic E-state index is 12.8. The summed E-state index contributed by atoms with van der Waals surface area (Å²) in [6.07, 6.45) is 3.11. The van der Waals surface area contributed by atoms with Crippen LogP contribution in [-0.4, -0.2) is 15.0 Å². The average molecular weight is 221 g/mol. The largest absolute Gasteiger partial charge is 0.231 e. The second-order valence-electron chi connectivity index (χ2n) is 2.90. The van der Waals surface area contributed by atoms with Gasteiger partial charge in [0.25, 0.3) is 0 Å². The number of nitrogens with zero attached hydrogens (tertiary/aromatic N) is 3. The Labute approximate surface area is 90.8 Å². The van der Waals surface area contributed by atoms with Gasteiger partial charge in [0.1, 0.15) is 0 Å². The molecule has 0 aromatic carbocycles. The molecule has 0 unspecified atom stereocenters. The van der Waals surface area contributed by atoms with Gasteiger partial charge in [-0.3, -0.25) is 0 Å². The Balaban J connectivity index is 2.22. The van der Waals surface area contributed by atoms with Gasteiger partial charge in [-0.1, -0.05) is 0 Å². The lowest BCUT2D eigenvalue weighted by atomic mass is 10.5. The van der Waals surface area contributed by atoms with Gasteiger partial charge >= 0.3 is 0 Å². The van der Waals surface area contributed by atoms with Crippen molar-refractivity contribution >= 4 is 11.8 Å². The summed E-state index contributed by atoms with van der Waals surface area (Å²) in [7, 11) is 0. The molecule has 15 heavy (non-hydrogen) atoms. The molecule has 0 aliphatic carbocycles. The minimum Gasteiger partial charge on any atom is -0.231 e. The fraction of sp³-hybridized carbons (Fsp3) is 0.100. The summed E-state index contributed by atoms with van der Waals surface area (Å²) in [5.74, 6) is -0.493. The molecule has 2 aromatic heterocycles. The molecule has 0 bridgehead atoms. The number of rotatable bonds is 2. The van der Waals surface area contributed by atoms with E-state index in [1.807, 2.05) is 13.0 Å². The molecule has 0 aliphatic rings. The van der Waals surface area contributed by atoms with E-state index in [4.69, 9.17) is 0 Å². The third-order valence-corrected chi connectivity index (χ3v) is 2.55. The second kappa shape index (κ2) is 4.35. The van der Waals surface area contributed by atoms with Crippen LogP contribution in [0.1, 0.15) is 5.69 Å². The first kappa shape index (κ1) is 10.0. The Morgan fingerprint density at radius 1 is 1.20 bits per heavy atom. The predicted octanol–water partition coefficient (Wildman–Crippen LogP) is 2.47. The van der Waals surface area contributed by atoms with Crippen molar-refractivity contribution in [1.29, 1.82) is 0 Å². The van der Waals surface area contributed by atoms with E-state index in [-0.39, 0.29) is 0 Å². The van der Waals surface area contributed by atoms with E-state index in [2.05, 4.69) is 15.0 Å². The number of halogens is 1. The summed E-state index contributed by atoms with van der Waals surface area (Å²) < 4.78 is 12.8. The van der Waals surface area contributed by atoms with Gasteiger partial charge in [0, 0.05) is 29.0 Å². The monoisotopic (exact) mass is 221 g/mol. The number of pyridine rings is 1. The van der Waals surface area contributed by atoms with Crippen LogP contribution in [0.25, 0.3) is 0 Å². The Morgan fingerprint density at radius 2 is 2.00 bits per heavy atom. The molecule has 0 atom stereocenters. The first-order chi connectivity index (χ1) is 7.24. The van der Waals surface area contributed by atoms with Gasteiger partial charge in [-0.25, -0.2) is 15.0 Å². The molecule has 0 fully saturated rings. The summed E-state index contributed by atoms with van der Waals surface area (Å²) >= 11 is 1.31. The molecule has 0 saturated carbocycles. The van der Waals surface area contributed by atoms with Crippen LogP contribution >= 0.6 is 11.8 Å². The fourth-order valence-electron chi connectivity index (χ4n) is 1.03. The van der Waals surface area contributed by atoms with Crippen LogP contribution < -0.4 is 0 Å². The lowest BCUT2D eigenvalue weighted by Gasteiger charge is -1.99. The molecule has 0 aliphatic heterocycles. The van der Waals surface area contributed by atoms with Gasteiger partial charge in [0.05, 0.1) is 0 Å². The third kappa shape index (κ3) is 2.73. The number of aromatic nitrogens is 3. The standard InChI is InChI=1S/C10H8FN3S/c1-7-2-4-13-10(14-7)15-8-3-5-12-9(11)6-8/h2-6H,1H3. The molecule has 3 nitrogen and oxygen atoms in total. The van der Waals surface area contributed by atoms with Crippen LogP contribution in [0.15, 0.2) is 40.6 Å². The van der Waals surface area contributed by atoms with E-state index in [0.29, 0.717) is 5.16 Å². The van der Waals surface area contributed by atoms with Crippen molar-refractivity contribution < 1.29 is 4.39 Å². The number of hydrogen-bond donors (Lipinski definition) is 0. The Hall–Kier alpha value is -1.49. The zero-order valence-electron chi connectivity index (χ0n) is 8.01. The molecule has 0 spiro atoms. The van der Waals surface area contributed by atoms with Crippen molar-refractivity contribution in [3.8, 4) is 0 Å². The molecule has 2 rings (SSSR count). The Morgan fingerprint density at radius 3 is 2.73 bits per heavy atom.